The molecule has 5 rings (SSSR count). The fraction of sp³-hybridized carbons (Fsp3) is 0.208. The Bertz CT molecular complexity index is 1420. The normalized spacial score (nSPS) is 12.8. The van der Waals surface area contributed by atoms with Crippen molar-refractivity contribution in [3.05, 3.63) is 85.7 Å². The van der Waals surface area contributed by atoms with Crippen LogP contribution >= 0.6 is 34.7 Å². The standard InChI is InChI=1S/C24H19ClFN3O2S2/c25-17-11-15(9-10-18(17)26)27-20(30)13-32-24-28-22-21(16-7-4-8-19(16)33-22)23(31)29(24)12-14-5-2-1-3-6-14/h1-3,5-6,9-11H,4,7-8,12-13H2,(H,27,30). The number of thiophene rings is 1. The molecule has 0 atom stereocenters. The smallest absolute Gasteiger partial charge is 0.263 e. The van der Waals surface area contributed by atoms with Crippen LogP contribution in [0, 0.1) is 5.82 Å². The van der Waals surface area contributed by atoms with Gasteiger partial charge < -0.3 is 5.32 Å². The lowest BCUT2D eigenvalue weighted by Crippen LogP contribution is -2.25. The van der Waals surface area contributed by atoms with Crippen molar-refractivity contribution >= 4 is 56.5 Å². The van der Waals surface area contributed by atoms with Crippen LogP contribution in [0.2, 0.25) is 5.02 Å². The van der Waals surface area contributed by atoms with Crippen LogP contribution in [0.15, 0.2) is 58.5 Å². The first-order valence-electron chi connectivity index (χ1n) is 10.5. The van der Waals surface area contributed by atoms with Crippen molar-refractivity contribution in [2.75, 3.05) is 11.1 Å². The molecule has 0 aliphatic heterocycles. The molecule has 2 aromatic carbocycles. The fourth-order valence-corrected chi connectivity index (χ4v) is 6.26. The van der Waals surface area contributed by atoms with Crippen molar-refractivity contribution in [2.45, 2.75) is 31.0 Å². The Morgan fingerprint density at radius 2 is 2.03 bits per heavy atom. The Morgan fingerprint density at radius 3 is 2.82 bits per heavy atom. The molecule has 0 fully saturated rings. The summed E-state index contributed by atoms with van der Waals surface area (Å²) in [5, 5.41) is 3.87. The molecule has 1 aliphatic carbocycles. The second kappa shape index (κ2) is 9.29. The molecule has 0 unspecified atom stereocenters. The van der Waals surface area contributed by atoms with Gasteiger partial charge in [0.1, 0.15) is 10.6 Å². The molecule has 1 N–H and O–H groups in total. The number of aromatic nitrogens is 2. The van der Waals surface area contributed by atoms with E-state index in [9.17, 15) is 14.0 Å². The number of anilines is 1. The van der Waals surface area contributed by atoms with Crippen LogP contribution < -0.4 is 10.9 Å². The van der Waals surface area contributed by atoms with Gasteiger partial charge in [-0.3, -0.25) is 14.2 Å². The summed E-state index contributed by atoms with van der Waals surface area (Å²) in [6, 6.07) is 13.7. The molecule has 168 valence electrons. The van der Waals surface area contributed by atoms with Gasteiger partial charge in [0.05, 0.1) is 22.7 Å². The number of nitrogens with one attached hydrogen (secondary N) is 1. The number of benzene rings is 2. The van der Waals surface area contributed by atoms with Gasteiger partial charge in [-0.25, -0.2) is 9.37 Å². The van der Waals surface area contributed by atoms with Gasteiger partial charge in [0, 0.05) is 10.6 Å². The zero-order chi connectivity index (χ0) is 22.9. The van der Waals surface area contributed by atoms with E-state index in [1.54, 1.807) is 15.9 Å². The number of aryl methyl sites for hydroxylation is 2. The maximum atomic E-state index is 13.5. The van der Waals surface area contributed by atoms with Gasteiger partial charge in [0.25, 0.3) is 5.56 Å². The van der Waals surface area contributed by atoms with Gasteiger partial charge in [0.2, 0.25) is 5.91 Å². The Labute approximate surface area is 202 Å². The van der Waals surface area contributed by atoms with Crippen LogP contribution in [0.25, 0.3) is 10.2 Å². The van der Waals surface area contributed by atoms with Crippen molar-refractivity contribution in [3.63, 3.8) is 0 Å². The summed E-state index contributed by atoms with van der Waals surface area (Å²) < 4.78 is 15.0. The number of thioether (sulfide) groups is 1. The van der Waals surface area contributed by atoms with E-state index in [1.165, 1.54) is 34.8 Å². The van der Waals surface area contributed by atoms with Gasteiger partial charge in [-0.1, -0.05) is 53.7 Å². The fourth-order valence-electron chi connectivity index (χ4n) is 3.97. The number of carbonyl (C=O) groups is 1. The number of amides is 1. The molecule has 2 heterocycles. The molecule has 0 saturated carbocycles. The Morgan fingerprint density at radius 1 is 1.21 bits per heavy atom. The maximum Gasteiger partial charge on any atom is 0.263 e. The molecule has 1 aliphatic rings. The molecule has 33 heavy (non-hydrogen) atoms. The number of nitrogens with zero attached hydrogens (tertiary/aromatic N) is 2. The monoisotopic (exact) mass is 499 g/mol. The number of carbonyl (C=O) groups excluding carboxylic acids is 1. The van der Waals surface area contributed by atoms with Gasteiger partial charge in [0.15, 0.2) is 5.16 Å². The highest BCUT2D eigenvalue weighted by molar-refractivity contribution is 7.99. The Kier molecular flexibility index (Phi) is 6.23. The molecular formula is C24H19ClFN3O2S2. The van der Waals surface area contributed by atoms with Crippen molar-refractivity contribution in [1.29, 1.82) is 0 Å². The Balaban J connectivity index is 1.44. The van der Waals surface area contributed by atoms with E-state index in [2.05, 4.69) is 5.32 Å². The number of hydrogen-bond acceptors (Lipinski definition) is 5. The quantitative estimate of drug-likeness (QED) is 0.280. The van der Waals surface area contributed by atoms with Gasteiger partial charge >= 0.3 is 0 Å². The first-order chi connectivity index (χ1) is 16.0. The van der Waals surface area contributed by atoms with E-state index in [-0.39, 0.29) is 22.2 Å². The van der Waals surface area contributed by atoms with E-state index < -0.39 is 5.82 Å². The topological polar surface area (TPSA) is 64.0 Å². The van der Waals surface area contributed by atoms with Crippen LogP contribution in [-0.2, 0) is 24.2 Å². The summed E-state index contributed by atoms with van der Waals surface area (Å²) in [6.45, 7) is 0.380. The minimum Gasteiger partial charge on any atom is -0.325 e. The van der Waals surface area contributed by atoms with Crippen LogP contribution in [0.4, 0.5) is 10.1 Å². The highest BCUT2D eigenvalue weighted by atomic mass is 35.5. The lowest BCUT2D eigenvalue weighted by molar-refractivity contribution is -0.113. The van der Waals surface area contributed by atoms with Gasteiger partial charge in [-0.15, -0.1) is 11.3 Å². The lowest BCUT2D eigenvalue weighted by atomic mass is 10.2. The maximum absolute atomic E-state index is 13.5. The van der Waals surface area contributed by atoms with Crippen LogP contribution in [0.5, 0.6) is 0 Å². The second-order valence-corrected chi connectivity index (χ2v) is 10.2. The average molecular weight is 500 g/mol. The number of rotatable bonds is 6. The molecule has 9 heteroatoms. The summed E-state index contributed by atoms with van der Waals surface area (Å²) in [7, 11) is 0. The van der Waals surface area contributed by atoms with E-state index in [4.69, 9.17) is 16.6 Å². The van der Waals surface area contributed by atoms with E-state index in [0.717, 1.165) is 40.6 Å². The SMILES string of the molecule is O=C(CSc1nc2sc3c(c2c(=O)n1Cc1ccccc1)CCC3)Nc1ccc(F)c(Cl)c1. The molecule has 4 aromatic rings. The average Bonchev–Trinajstić information content (AvgIpc) is 3.39. The van der Waals surface area contributed by atoms with Crippen LogP contribution in [0.3, 0.4) is 0 Å². The Hall–Kier alpha value is -2.68. The van der Waals surface area contributed by atoms with Crippen molar-refractivity contribution < 1.29 is 9.18 Å². The summed E-state index contributed by atoms with van der Waals surface area (Å²) in [4.78, 5) is 32.9. The highest BCUT2D eigenvalue weighted by Crippen LogP contribution is 2.35. The van der Waals surface area contributed by atoms with E-state index in [0.29, 0.717) is 17.4 Å². The molecule has 0 spiro atoms. The molecule has 0 bridgehead atoms. The largest absolute Gasteiger partial charge is 0.325 e. The van der Waals surface area contributed by atoms with Gasteiger partial charge in [-0.2, -0.15) is 0 Å². The predicted molar refractivity (Wildman–Crippen MR) is 132 cm³/mol. The van der Waals surface area contributed by atoms with Crippen LogP contribution in [-0.4, -0.2) is 21.2 Å². The van der Waals surface area contributed by atoms with E-state index in [1.807, 2.05) is 30.3 Å². The number of fused-ring (bicyclic) bond motifs is 3. The third kappa shape index (κ3) is 4.55. The number of hydrogen-bond donors (Lipinski definition) is 1. The molecule has 1 amide bonds. The minimum atomic E-state index is -0.547. The molecule has 2 aromatic heterocycles. The first kappa shape index (κ1) is 22.1. The van der Waals surface area contributed by atoms with Crippen molar-refractivity contribution in [2.24, 2.45) is 0 Å². The third-order valence-corrected chi connectivity index (χ3v) is 7.96. The molecule has 5 nitrogen and oxygen atoms in total. The van der Waals surface area contributed by atoms with Crippen molar-refractivity contribution in [1.82, 2.24) is 9.55 Å². The molecule has 0 radical (unpaired) electrons. The zero-order valence-electron chi connectivity index (χ0n) is 17.4. The zero-order valence-corrected chi connectivity index (χ0v) is 19.8. The summed E-state index contributed by atoms with van der Waals surface area (Å²) >= 11 is 8.59. The predicted octanol–water partition coefficient (Wildman–Crippen LogP) is 5.52. The second-order valence-electron chi connectivity index (χ2n) is 7.77. The van der Waals surface area contributed by atoms with Crippen molar-refractivity contribution in [3.8, 4) is 0 Å². The summed E-state index contributed by atoms with van der Waals surface area (Å²) in [6.07, 6.45) is 2.96. The lowest BCUT2D eigenvalue weighted by Gasteiger charge is -2.13. The first-order valence-corrected chi connectivity index (χ1v) is 12.6. The molecular weight excluding hydrogens is 481 g/mol. The van der Waals surface area contributed by atoms with Gasteiger partial charge in [-0.05, 0) is 48.6 Å². The third-order valence-electron chi connectivity index (χ3n) is 5.51. The molecule has 0 saturated heterocycles. The minimum absolute atomic E-state index is 0.0484. The number of halogens is 2. The highest BCUT2D eigenvalue weighted by Gasteiger charge is 2.23. The summed E-state index contributed by atoms with van der Waals surface area (Å²) in [5.74, 6) is -0.793. The van der Waals surface area contributed by atoms with E-state index >= 15 is 0 Å². The summed E-state index contributed by atoms with van der Waals surface area (Å²) in [5.41, 5.74) is 2.47. The van der Waals surface area contributed by atoms with Crippen LogP contribution in [0.1, 0.15) is 22.4 Å².